The van der Waals surface area contributed by atoms with Gasteiger partial charge in [-0.05, 0) is 12.3 Å². The van der Waals surface area contributed by atoms with Crippen LogP contribution < -0.4 is 5.32 Å². The summed E-state index contributed by atoms with van der Waals surface area (Å²) in [6.45, 7) is 2.70. The largest absolute Gasteiger partial charge is 0.388 e. The molecule has 2 fully saturated rings. The molecule has 0 spiro atoms. The van der Waals surface area contributed by atoms with Crippen LogP contribution in [0.2, 0.25) is 0 Å². The minimum Gasteiger partial charge on any atom is -0.388 e. The number of carbonyl (C=O) groups excluding carboxylic acids is 2. The van der Waals surface area contributed by atoms with E-state index in [1.54, 1.807) is 0 Å². The zero-order valence-corrected chi connectivity index (χ0v) is 10.5. The van der Waals surface area contributed by atoms with Crippen molar-refractivity contribution in [3.05, 3.63) is 0 Å². The highest BCUT2D eigenvalue weighted by molar-refractivity contribution is 5.82. The smallest absolute Gasteiger partial charge is 0.224 e. The maximum atomic E-state index is 11.7. The van der Waals surface area contributed by atoms with Gasteiger partial charge in [0.25, 0.3) is 0 Å². The minimum atomic E-state index is -0.851. The van der Waals surface area contributed by atoms with Crippen LogP contribution in [0.3, 0.4) is 0 Å². The van der Waals surface area contributed by atoms with Crippen LogP contribution >= 0.6 is 0 Å². The number of carbonyl (C=O) groups is 2. The molecular weight excluding hydrogens is 236 g/mol. The van der Waals surface area contributed by atoms with E-state index in [-0.39, 0.29) is 37.2 Å². The van der Waals surface area contributed by atoms with Gasteiger partial charge in [-0.25, -0.2) is 0 Å². The highest BCUT2D eigenvalue weighted by Gasteiger charge is 2.39. The summed E-state index contributed by atoms with van der Waals surface area (Å²) in [6.07, 6.45) is -0.553. The Hall–Kier alpha value is -1.14. The quantitative estimate of drug-likeness (QED) is 0.584. The molecule has 6 heteroatoms. The van der Waals surface area contributed by atoms with Crippen molar-refractivity contribution < 1.29 is 19.8 Å². The van der Waals surface area contributed by atoms with Crippen LogP contribution in [0.5, 0.6) is 0 Å². The van der Waals surface area contributed by atoms with Gasteiger partial charge in [-0.2, -0.15) is 0 Å². The lowest BCUT2D eigenvalue weighted by Gasteiger charge is -2.15. The summed E-state index contributed by atoms with van der Waals surface area (Å²) in [5.74, 6) is 0.464. The van der Waals surface area contributed by atoms with Crippen molar-refractivity contribution in [1.82, 2.24) is 10.2 Å². The summed E-state index contributed by atoms with van der Waals surface area (Å²) < 4.78 is 0. The maximum Gasteiger partial charge on any atom is 0.224 e. The normalized spacial score (nSPS) is 34.5. The number of β-amino-alcohol motifs (C(OH)–C–C–N with tert-alkyl or cyclic N) is 2. The summed E-state index contributed by atoms with van der Waals surface area (Å²) in [6, 6.07) is 0. The molecule has 0 bridgehead atoms. The molecule has 1 aliphatic carbocycles. The third-order valence-electron chi connectivity index (χ3n) is 3.70. The molecule has 1 saturated heterocycles. The minimum absolute atomic E-state index is 0.0248. The van der Waals surface area contributed by atoms with E-state index in [0.29, 0.717) is 12.5 Å². The Kier molecular flexibility index (Phi) is 3.87. The van der Waals surface area contributed by atoms with Gasteiger partial charge < -0.3 is 20.4 Å². The molecule has 1 heterocycles. The Balaban J connectivity index is 1.65. The van der Waals surface area contributed by atoms with Gasteiger partial charge in [0, 0.05) is 32.0 Å². The van der Waals surface area contributed by atoms with E-state index in [4.69, 9.17) is 0 Å². The molecule has 6 nitrogen and oxygen atoms in total. The van der Waals surface area contributed by atoms with Crippen molar-refractivity contribution in [2.75, 3.05) is 19.6 Å². The van der Waals surface area contributed by atoms with Gasteiger partial charge in [0.05, 0.1) is 12.2 Å². The van der Waals surface area contributed by atoms with E-state index >= 15 is 0 Å². The van der Waals surface area contributed by atoms with E-state index in [9.17, 15) is 19.8 Å². The highest BCUT2D eigenvalue weighted by atomic mass is 16.3. The molecular formula is C12H20N2O4. The number of nitrogens with one attached hydrogen (secondary N) is 1. The van der Waals surface area contributed by atoms with Crippen LogP contribution in [0.1, 0.15) is 19.8 Å². The Bertz CT molecular complexity index is 337. The number of likely N-dealkylation sites (tertiary alicyclic amines) is 1. The van der Waals surface area contributed by atoms with Crippen LogP contribution in [-0.2, 0) is 9.59 Å². The molecule has 2 rings (SSSR count). The van der Waals surface area contributed by atoms with Crippen molar-refractivity contribution in [1.29, 1.82) is 0 Å². The molecule has 102 valence electrons. The number of aliphatic hydroxyl groups excluding tert-OH is 2. The van der Waals surface area contributed by atoms with Gasteiger partial charge in [-0.1, -0.05) is 6.92 Å². The van der Waals surface area contributed by atoms with Crippen LogP contribution in [0.25, 0.3) is 0 Å². The zero-order valence-electron chi connectivity index (χ0n) is 10.5. The number of rotatable bonds is 4. The fraction of sp³-hybridized carbons (Fsp3) is 0.833. The summed E-state index contributed by atoms with van der Waals surface area (Å²) in [5.41, 5.74) is 0. The predicted octanol–water partition coefficient (Wildman–Crippen LogP) is -1.29. The van der Waals surface area contributed by atoms with E-state index in [2.05, 4.69) is 5.32 Å². The van der Waals surface area contributed by atoms with Gasteiger partial charge in [-0.3, -0.25) is 9.59 Å². The summed E-state index contributed by atoms with van der Waals surface area (Å²) in [7, 11) is 0. The Morgan fingerprint density at radius 2 is 1.83 bits per heavy atom. The highest BCUT2D eigenvalue weighted by Crippen LogP contribution is 2.37. The Labute approximate surface area is 106 Å². The van der Waals surface area contributed by atoms with Crippen molar-refractivity contribution >= 4 is 11.8 Å². The van der Waals surface area contributed by atoms with Gasteiger partial charge in [-0.15, -0.1) is 0 Å². The average Bonchev–Trinajstić information content (AvgIpc) is 2.95. The van der Waals surface area contributed by atoms with Gasteiger partial charge >= 0.3 is 0 Å². The summed E-state index contributed by atoms with van der Waals surface area (Å²) in [5, 5.41) is 21.4. The second kappa shape index (κ2) is 5.24. The topological polar surface area (TPSA) is 89.9 Å². The fourth-order valence-corrected chi connectivity index (χ4v) is 2.24. The van der Waals surface area contributed by atoms with Crippen molar-refractivity contribution in [3.63, 3.8) is 0 Å². The SMILES string of the molecule is CC1CC1C(=O)NCCC(=O)N1C[C@@H](O)[C@@H](O)C1. The maximum absolute atomic E-state index is 11.7. The Morgan fingerprint density at radius 1 is 1.28 bits per heavy atom. The van der Waals surface area contributed by atoms with E-state index in [0.717, 1.165) is 6.42 Å². The van der Waals surface area contributed by atoms with Gasteiger partial charge in [0.15, 0.2) is 0 Å². The first-order valence-electron chi connectivity index (χ1n) is 6.40. The molecule has 0 radical (unpaired) electrons. The molecule has 18 heavy (non-hydrogen) atoms. The molecule has 2 aliphatic rings. The molecule has 1 aliphatic heterocycles. The summed E-state index contributed by atoms with van der Waals surface area (Å²) >= 11 is 0. The first kappa shape index (κ1) is 13.3. The molecule has 2 unspecified atom stereocenters. The number of nitrogens with zero attached hydrogens (tertiary/aromatic N) is 1. The van der Waals surface area contributed by atoms with Crippen LogP contribution in [0, 0.1) is 11.8 Å². The molecule has 0 aromatic heterocycles. The van der Waals surface area contributed by atoms with Crippen LogP contribution in [0.4, 0.5) is 0 Å². The fourth-order valence-electron chi connectivity index (χ4n) is 2.24. The standard InChI is InChI=1S/C12H20N2O4/c1-7-4-8(7)12(18)13-3-2-11(17)14-5-9(15)10(16)6-14/h7-10,15-16H,2-6H2,1H3,(H,13,18)/t7?,8?,9-,10+. The van der Waals surface area contributed by atoms with Crippen molar-refractivity contribution in [3.8, 4) is 0 Å². The predicted molar refractivity (Wildman–Crippen MR) is 63.5 cm³/mol. The van der Waals surface area contributed by atoms with E-state index in [1.807, 2.05) is 6.92 Å². The Morgan fingerprint density at radius 3 is 2.33 bits per heavy atom. The molecule has 3 N–H and O–H groups in total. The van der Waals surface area contributed by atoms with Crippen molar-refractivity contribution in [2.24, 2.45) is 11.8 Å². The summed E-state index contributed by atoms with van der Waals surface area (Å²) in [4.78, 5) is 24.7. The lowest BCUT2D eigenvalue weighted by atomic mass is 10.3. The monoisotopic (exact) mass is 256 g/mol. The number of aliphatic hydroxyl groups is 2. The van der Waals surface area contributed by atoms with Crippen molar-refractivity contribution in [2.45, 2.75) is 32.0 Å². The van der Waals surface area contributed by atoms with Crippen LogP contribution in [0.15, 0.2) is 0 Å². The second-order valence-corrected chi connectivity index (χ2v) is 5.29. The average molecular weight is 256 g/mol. The lowest BCUT2D eigenvalue weighted by molar-refractivity contribution is -0.130. The zero-order chi connectivity index (χ0) is 13.3. The third-order valence-corrected chi connectivity index (χ3v) is 3.70. The molecule has 0 aromatic carbocycles. The van der Waals surface area contributed by atoms with Gasteiger partial charge in [0.1, 0.15) is 0 Å². The van der Waals surface area contributed by atoms with E-state index < -0.39 is 12.2 Å². The number of hydrogen-bond acceptors (Lipinski definition) is 4. The third kappa shape index (κ3) is 3.00. The molecule has 4 atom stereocenters. The second-order valence-electron chi connectivity index (χ2n) is 5.29. The molecule has 0 aromatic rings. The van der Waals surface area contributed by atoms with Crippen LogP contribution in [-0.4, -0.2) is 58.8 Å². The molecule has 2 amide bonds. The number of hydrogen-bond donors (Lipinski definition) is 3. The van der Waals surface area contributed by atoms with Gasteiger partial charge in [0.2, 0.25) is 11.8 Å². The number of amides is 2. The lowest BCUT2D eigenvalue weighted by Crippen LogP contribution is -2.34. The first-order chi connectivity index (χ1) is 8.49. The molecule has 1 saturated carbocycles. The van der Waals surface area contributed by atoms with E-state index in [1.165, 1.54) is 4.90 Å². The first-order valence-corrected chi connectivity index (χ1v) is 6.40.